The number of aromatic nitrogens is 2. The maximum atomic E-state index is 6.49. The molecule has 5 nitrogen and oxygen atoms in total. The van der Waals surface area contributed by atoms with E-state index in [2.05, 4.69) is 15.3 Å². The van der Waals surface area contributed by atoms with Gasteiger partial charge in [-0.15, -0.1) is 0 Å². The number of hydrogen-bond acceptors (Lipinski definition) is 4. The van der Waals surface area contributed by atoms with Crippen LogP contribution in [0.1, 0.15) is 17.0 Å². The Kier molecular flexibility index (Phi) is 6.97. The first-order chi connectivity index (χ1) is 15.1. The normalized spacial score (nSPS) is 11.1. The molecule has 3 aromatic carbocycles. The average molecular weight is 456 g/mol. The number of nitrogens with zero attached hydrogens (tertiary/aromatic N) is 1. The first kappa shape index (κ1) is 21.5. The number of halogens is 2. The number of H-pyrrole nitrogens is 1. The van der Waals surface area contributed by atoms with Gasteiger partial charge in [-0.1, -0.05) is 47.5 Å². The van der Waals surface area contributed by atoms with Gasteiger partial charge in [0.25, 0.3) is 0 Å². The summed E-state index contributed by atoms with van der Waals surface area (Å²) in [5.74, 6) is 2.11. The molecule has 7 heteroatoms. The van der Waals surface area contributed by atoms with Gasteiger partial charge in [-0.3, -0.25) is 0 Å². The average Bonchev–Trinajstić information content (AvgIpc) is 3.19. The van der Waals surface area contributed by atoms with Crippen molar-refractivity contribution < 1.29 is 9.47 Å². The number of rotatable bonds is 9. The molecule has 0 saturated heterocycles. The fourth-order valence-corrected chi connectivity index (χ4v) is 3.73. The Hall–Kier alpha value is -2.73. The van der Waals surface area contributed by atoms with E-state index in [1.54, 1.807) is 7.11 Å². The standard InChI is InChI=1S/C24H23Cl2N3O2/c1-30-22-13-17(12-19(26)24(22)31-15-16-6-8-18(25)9-7-16)14-27-11-10-23-28-20-4-2-3-5-21(20)29-23/h2-9,12-13,27H,10-11,14-15H2,1H3,(H,28,29). The number of benzene rings is 3. The van der Waals surface area contributed by atoms with Crippen molar-refractivity contribution in [3.63, 3.8) is 0 Å². The van der Waals surface area contributed by atoms with Crippen molar-refractivity contribution in [2.45, 2.75) is 19.6 Å². The van der Waals surface area contributed by atoms with Crippen molar-refractivity contribution in [3.05, 3.63) is 87.7 Å². The Morgan fingerprint density at radius 3 is 2.58 bits per heavy atom. The lowest BCUT2D eigenvalue weighted by molar-refractivity contribution is 0.284. The highest BCUT2D eigenvalue weighted by atomic mass is 35.5. The van der Waals surface area contributed by atoms with E-state index < -0.39 is 0 Å². The third-order valence-electron chi connectivity index (χ3n) is 4.89. The number of methoxy groups -OCH3 is 1. The van der Waals surface area contributed by atoms with Crippen LogP contribution in [0.4, 0.5) is 0 Å². The van der Waals surface area contributed by atoms with E-state index in [4.69, 9.17) is 32.7 Å². The Bertz CT molecular complexity index is 1130. The van der Waals surface area contributed by atoms with Gasteiger partial charge in [-0.2, -0.15) is 0 Å². The summed E-state index contributed by atoms with van der Waals surface area (Å²) in [4.78, 5) is 7.94. The second-order valence-electron chi connectivity index (χ2n) is 7.15. The van der Waals surface area contributed by atoms with E-state index in [9.17, 15) is 0 Å². The predicted molar refractivity (Wildman–Crippen MR) is 125 cm³/mol. The molecule has 0 aliphatic heterocycles. The van der Waals surface area contributed by atoms with Gasteiger partial charge in [0.15, 0.2) is 11.5 Å². The topological polar surface area (TPSA) is 59.2 Å². The molecular weight excluding hydrogens is 433 g/mol. The maximum Gasteiger partial charge on any atom is 0.180 e. The lowest BCUT2D eigenvalue weighted by Gasteiger charge is -2.15. The van der Waals surface area contributed by atoms with Crippen LogP contribution in [-0.4, -0.2) is 23.6 Å². The Balaban J connectivity index is 1.34. The van der Waals surface area contributed by atoms with Crippen LogP contribution in [0.25, 0.3) is 11.0 Å². The van der Waals surface area contributed by atoms with Crippen LogP contribution in [0.5, 0.6) is 11.5 Å². The number of para-hydroxylation sites is 2. The molecule has 0 fully saturated rings. The monoisotopic (exact) mass is 455 g/mol. The van der Waals surface area contributed by atoms with Gasteiger partial charge in [-0.05, 0) is 47.5 Å². The third-order valence-corrected chi connectivity index (χ3v) is 5.42. The summed E-state index contributed by atoms with van der Waals surface area (Å²) in [6.45, 7) is 1.82. The van der Waals surface area contributed by atoms with Crippen molar-refractivity contribution in [3.8, 4) is 11.5 Å². The molecule has 0 unspecified atom stereocenters. The van der Waals surface area contributed by atoms with E-state index in [0.717, 1.165) is 41.0 Å². The van der Waals surface area contributed by atoms with Gasteiger partial charge in [0.05, 0.1) is 23.2 Å². The van der Waals surface area contributed by atoms with Crippen molar-refractivity contribution in [2.24, 2.45) is 0 Å². The SMILES string of the molecule is COc1cc(CNCCc2nc3ccccc3[nH]2)cc(Cl)c1OCc1ccc(Cl)cc1. The molecule has 2 N–H and O–H groups in total. The molecule has 0 atom stereocenters. The van der Waals surface area contributed by atoms with E-state index in [1.165, 1.54) is 0 Å². The zero-order valence-corrected chi connectivity index (χ0v) is 18.6. The molecule has 0 radical (unpaired) electrons. The van der Waals surface area contributed by atoms with Gasteiger partial charge < -0.3 is 19.8 Å². The molecular formula is C24H23Cl2N3O2. The van der Waals surface area contributed by atoms with Crippen LogP contribution in [0.3, 0.4) is 0 Å². The molecule has 0 aliphatic rings. The fourth-order valence-electron chi connectivity index (χ4n) is 3.32. The minimum atomic E-state index is 0.377. The van der Waals surface area contributed by atoms with E-state index in [0.29, 0.717) is 34.7 Å². The molecule has 0 spiro atoms. The highest BCUT2D eigenvalue weighted by Gasteiger charge is 2.12. The number of ether oxygens (including phenoxy) is 2. The largest absolute Gasteiger partial charge is 0.493 e. The molecule has 0 bridgehead atoms. The number of fused-ring (bicyclic) bond motifs is 1. The van der Waals surface area contributed by atoms with Gasteiger partial charge >= 0.3 is 0 Å². The minimum absolute atomic E-state index is 0.377. The molecule has 0 amide bonds. The van der Waals surface area contributed by atoms with E-state index >= 15 is 0 Å². The first-order valence-electron chi connectivity index (χ1n) is 10.0. The van der Waals surface area contributed by atoms with Crippen LogP contribution in [0.2, 0.25) is 10.0 Å². The van der Waals surface area contributed by atoms with Crippen LogP contribution in [0.15, 0.2) is 60.7 Å². The summed E-state index contributed by atoms with van der Waals surface area (Å²) in [7, 11) is 1.61. The Labute approximate surface area is 191 Å². The minimum Gasteiger partial charge on any atom is -0.493 e. The van der Waals surface area contributed by atoms with Crippen molar-refractivity contribution in [2.75, 3.05) is 13.7 Å². The molecule has 1 heterocycles. The molecule has 0 saturated carbocycles. The highest BCUT2D eigenvalue weighted by molar-refractivity contribution is 6.32. The summed E-state index contributed by atoms with van der Waals surface area (Å²) in [5.41, 5.74) is 4.07. The second-order valence-corrected chi connectivity index (χ2v) is 8.00. The molecule has 0 aliphatic carbocycles. The van der Waals surface area contributed by atoms with Crippen molar-refractivity contribution in [1.29, 1.82) is 0 Å². The number of hydrogen-bond donors (Lipinski definition) is 2. The lowest BCUT2D eigenvalue weighted by atomic mass is 10.2. The summed E-state index contributed by atoms with van der Waals surface area (Å²) in [6.07, 6.45) is 0.807. The number of aromatic amines is 1. The fraction of sp³-hybridized carbons (Fsp3) is 0.208. The van der Waals surface area contributed by atoms with E-state index in [1.807, 2.05) is 60.7 Å². The lowest BCUT2D eigenvalue weighted by Crippen LogP contribution is -2.17. The zero-order valence-electron chi connectivity index (χ0n) is 17.1. The van der Waals surface area contributed by atoms with Gasteiger partial charge in [0.1, 0.15) is 12.4 Å². The Morgan fingerprint density at radius 1 is 1.00 bits per heavy atom. The summed E-state index contributed by atoms with van der Waals surface area (Å²) in [5, 5.41) is 4.64. The summed E-state index contributed by atoms with van der Waals surface area (Å²) in [6, 6.07) is 19.4. The Morgan fingerprint density at radius 2 is 1.81 bits per heavy atom. The van der Waals surface area contributed by atoms with Crippen LogP contribution in [0, 0.1) is 0 Å². The van der Waals surface area contributed by atoms with Crippen LogP contribution < -0.4 is 14.8 Å². The summed E-state index contributed by atoms with van der Waals surface area (Å²) < 4.78 is 11.4. The zero-order chi connectivity index (χ0) is 21.6. The van der Waals surface area contributed by atoms with Crippen molar-refractivity contribution in [1.82, 2.24) is 15.3 Å². The third kappa shape index (κ3) is 5.50. The van der Waals surface area contributed by atoms with E-state index in [-0.39, 0.29) is 0 Å². The molecule has 4 aromatic rings. The van der Waals surface area contributed by atoms with Crippen LogP contribution in [-0.2, 0) is 19.6 Å². The summed E-state index contributed by atoms with van der Waals surface area (Å²) >= 11 is 12.4. The molecule has 160 valence electrons. The second kappa shape index (κ2) is 10.1. The molecule has 31 heavy (non-hydrogen) atoms. The van der Waals surface area contributed by atoms with Gasteiger partial charge in [0, 0.05) is 24.5 Å². The van der Waals surface area contributed by atoms with Crippen molar-refractivity contribution >= 4 is 34.2 Å². The number of nitrogens with one attached hydrogen (secondary N) is 2. The highest BCUT2D eigenvalue weighted by Crippen LogP contribution is 2.37. The van der Waals surface area contributed by atoms with Gasteiger partial charge in [-0.25, -0.2) is 4.98 Å². The number of imidazole rings is 1. The molecule has 4 rings (SSSR count). The maximum absolute atomic E-state index is 6.49. The molecule has 1 aromatic heterocycles. The van der Waals surface area contributed by atoms with Crippen LogP contribution >= 0.6 is 23.2 Å². The smallest absolute Gasteiger partial charge is 0.180 e. The van der Waals surface area contributed by atoms with Gasteiger partial charge in [0.2, 0.25) is 0 Å². The first-order valence-corrected chi connectivity index (χ1v) is 10.8. The predicted octanol–water partition coefficient (Wildman–Crippen LogP) is 5.79. The quantitative estimate of drug-likeness (QED) is 0.313.